The largest absolute Gasteiger partial charge is 0.490 e. The number of benzene rings is 1. The normalized spacial score (nSPS) is 26.5. The van der Waals surface area contributed by atoms with E-state index >= 15 is 0 Å². The van der Waals surface area contributed by atoms with Crippen molar-refractivity contribution in [2.24, 2.45) is 22.9 Å². The van der Waals surface area contributed by atoms with Crippen LogP contribution < -0.4 is 9.47 Å². The van der Waals surface area contributed by atoms with E-state index in [1.807, 2.05) is 37.0 Å². The first-order valence-corrected chi connectivity index (χ1v) is 18.5. The molecular formula is C38H51N3O6S. The second-order valence-electron chi connectivity index (χ2n) is 12.6. The molecule has 1 aliphatic heterocycles. The quantitative estimate of drug-likeness (QED) is 0.0901. The first-order chi connectivity index (χ1) is 23.6. The molecule has 260 valence electrons. The van der Waals surface area contributed by atoms with Crippen molar-refractivity contribution in [3.8, 4) is 11.5 Å². The minimum atomic E-state index is -0.995. The number of rotatable bonds is 20. The van der Waals surface area contributed by atoms with Gasteiger partial charge in [0.2, 0.25) is 5.79 Å². The van der Waals surface area contributed by atoms with Crippen LogP contribution in [0.15, 0.2) is 78.9 Å². The topological polar surface area (TPSA) is 116 Å². The highest BCUT2D eigenvalue weighted by Crippen LogP contribution is 2.62. The van der Waals surface area contributed by atoms with Crippen LogP contribution in [0.25, 0.3) is 0 Å². The molecule has 2 aliphatic carbocycles. The molecule has 0 bridgehead atoms. The number of hydrogen-bond donors (Lipinski definition) is 2. The molecule has 2 aromatic rings. The van der Waals surface area contributed by atoms with Gasteiger partial charge in [-0.2, -0.15) is 11.8 Å². The second kappa shape index (κ2) is 18.0. The van der Waals surface area contributed by atoms with Crippen molar-refractivity contribution in [1.82, 2.24) is 9.97 Å². The van der Waals surface area contributed by atoms with Gasteiger partial charge in [0.05, 0.1) is 29.2 Å². The Morgan fingerprint density at radius 2 is 1.90 bits per heavy atom. The number of hydrogen-bond acceptors (Lipinski definition) is 10. The number of thioether (sulfide) groups is 1. The zero-order valence-electron chi connectivity index (χ0n) is 28.2. The molecule has 1 fully saturated rings. The average Bonchev–Trinajstić information content (AvgIpc) is 3.11. The molecule has 6 atom stereocenters. The molecule has 0 saturated heterocycles. The van der Waals surface area contributed by atoms with Crippen LogP contribution in [0.4, 0.5) is 0 Å². The van der Waals surface area contributed by atoms with E-state index in [-0.39, 0.29) is 42.1 Å². The van der Waals surface area contributed by atoms with Crippen LogP contribution in [0.2, 0.25) is 0 Å². The van der Waals surface area contributed by atoms with Crippen molar-refractivity contribution in [2.75, 3.05) is 38.8 Å². The van der Waals surface area contributed by atoms with Gasteiger partial charge in [0.25, 0.3) is 0 Å². The highest BCUT2D eigenvalue weighted by atomic mass is 32.2. The highest BCUT2D eigenvalue weighted by Gasteiger charge is 2.63. The van der Waals surface area contributed by atoms with E-state index < -0.39 is 5.79 Å². The molecule has 9 nitrogen and oxygen atoms in total. The maximum Gasteiger partial charge on any atom is 0.230 e. The Morgan fingerprint density at radius 1 is 1.08 bits per heavy atom. The summed E-state index contributed by atoms with van der Waals surface area (Å²) >= 11 is 1.82. The van der Waals surface area contributed by atoms with Crippen LogP contribution in [-0.2, 0) is 16.0 Å². The fraction of sp³-hybridized carbons (Fsp3) is 0.553. The number of aryl methyl sites for hydroxylation is 1. The molecule has 5 rings (SSSR count). The summed E-state index contributed by atoms with van der Waals surface area (Å²) in [6.45, 7) is 11.3. The van der Waals surface area contributed by atoms with Crippen molar-refractivity contribution in [1.29, 1.82) is 0 Å². The summed E-state index contributed by atoms with van der Waals surface area (Å²) in [5.74, 6) is 1.71. The molecule has 1 saturated carbocycles. The molecule has 2 heterocycles. The van der Waals surface area contributed by atoms with Crippen LogP contribution >= 0.6 is 11.8 Å². The maximum absolute atomic E-state index is 9.78. The summed E-state index contributed by atoms with van der Waals surface area (Å²) < 4.78 is 20.2. The van der Waals surface area contributed by atoms with Gasteiger partial charge in [-0.15, -0.1) is 6.58 Å². The summed E-state index contributed by atoms with van der Waals surface area (Å²) in [6.07, 6.45) is 17.8. The zero-order chi connectivity index (χ0) is 33.8. The first kappa shape index (κ1) is 36.1. The average molecular weight is 678 g/mol. The van der Waals surface area contributed by atoms with Gasteiger partial charge in [-0.3, -0.25) is 9.97 Å². The monoisotopic (exact) mass is 677 g/mol. The molecule has 6 unspecified atom stereocenters. The van der Waals surface area contributed by atoms with Crippen molar-refractivity contribution >= 4 is 17.5 Å². The predicted molar refractivity (Wildman–Crippen MR) is 190 cm³/mol. The molecule has 0 amide bonds. The van der Waals surface area contributed by atoms with Gasteiger partial charge < -0.3 is 29.3 Å². The van der Waals surface area contributed by atoms with Crippen LogP contribution in [-0.4, -0.2) is 75.7 Å². The standard InChI is InChI=1S/C38H51N3O6S/c1-4-20-44-29-13-14-34-32(24-29)36-30(12-8-10-19-43)27(11-7-9-18-42)23-31-33(41-46-6-3)25-35(38(47-34,37(31)36)45-21-5-2)48-22-15-28-26-39-16-17-40-28/h4-5,13-14,16-17,23-24,26-27,30,35-37,42-43H,1-2,6-12,15,18-22,25H2,3H3. The van der Waals surface area contributed by atoms with Crippen LogP contribution in [0.3, 0.4) is 0 Å². The van der Waals surface area contributed by atoms with Gasteiger partial charge in [0.1, 0.15) is 24.7 Å². The number of allylic oxidation sites excluding steroid dienone is 1. The van der Waals surface area contributed by atoms with E-state index in [2.05, 4.69) is 35.3 Å². The number of fused-ring (bicyclic) bond motifs is 2. The number of aromatic nitrogens is 2. The Bertz CT molecular complexity index is 1400. The Kier molecular flexibility index (Phi) is 13.5. The summed E-state index contributed by atoms with van der Waals surface area (Å²) in [5, 5.41) is 24.1. The number of nitrogens with zero attached hydrogens (tertiary/aromatic N) is 3. The van der Waals surface area contributed by atoms with E-state index in [0.717, 1.165) is 84.7 Å². The van der Waals surface area contributed by atoms with E-state index in [4.69, 9.17) is 24.2 Å². The Morgan fingerprint density at radius 3 is 2.62 bits per heavy atom. The molecule has 2 N–H and O–H groups in total. The third kappa shape index (κ3) is 8.16. The van der Waals surface area contributed by atoms with Crippen LogP contribution in [0.1, 0.15) is 69.0 Å². The Balaban J connectivity index is 1.66. The van der Waals surface area contributed by atoms with Crippen molar-refractivity contribution < 1.29 is 29.3 Å². The number of aliphatic hydroxyl groups is 2. The third-order valence-electron chi connectivity index (χ3n) is 9.59. The van der Waals surface area contributed by atoms with Crippen molar-refractivity contribution in [3.05, 3.63) is 85.0 Å². The first-order valence-electron chi connectivity index (χ1n) is 17.4. The lowest BCUT2D eigenvalue weighted by Crippen LogP contribution is -2.64. The molecule has 10 heteroatoms. The molecule has 0 spiro atoms. The van der Waals surface area contributed by atoms with E-state index in [0.29, 0.717) is 26.2 Å². The van der Waals surface area contributed by atoms with Gasteiger partial charge in [-0.05, 0) is 74.0 Å². The van der Waals surface area contributed by atoms with E-state index in [1.165, 1.54) is 0 Å². The smallest absolute Gasteiger partial charge is 0.230 e. The Labute approximate surface area is 289 Å². The van der Waals surface area contributed by atoms with E-state index in [1.54, 1.807) is 24.5 Å². The number of oxime groups is 1. The molecule has 48 heavy (non-hydrogen) atoms. The maximum atomic E-state index is 9.78. The fourth-order valence-corrected chi connectivity index (χ4v) is 9.01. The summed E-state index contributed by atoms with van der Waals surface area (Å²) in [4.78, 5) is 14.5. The van der Waals surface area contributed by atoms with Crippen molar-refractivity contribution in [3.63, 3.8) is 0 Å². The minimum absolute atomic E-state index is 0.0267. The SMILES string of the molecule is C=CCOc1ccc2c(c1)C1C(CCCCO)C(CCCCO)C=C3C(=NOCC)CC(SCCc4cnccn4)C(OCC=C)(O2)C31. The predicted octanol–water partition coefficient (Wildman–Crippen LogP) is 6.67. The van der Waals surface area contributed by atoms with Crippen LogP contribution in [0, 0.1) is 17.8 Å². The number of aliphatic hydroxyl groups excluding tert-OH is 2. The third-order valence-corrected chi connectivity index (χ3v) is 10.9. The van der Waals surface area contributed by atoms with E-state index in [9.17, 15) is 10.2 Å². The Hall–Kier alpha value is -3.18. The summed E-state index contributed by atoms with van der Waals surface area (Å²) in [6, 6.07) is 6.12. The van der Waals surface area contributed by atoms with Gasteiger partial charge >= 0.3 is 0 Å². The highest BCUT2D eigenvalue weighted by molar-refractivity contribution is 8.00. The lowest BCUT2D eigenvalue weighted by Gasteiger charge is -2.58. The molecular weight excluding hydrogens is 627 g/mol. The minimum Gasteiger partial charge on any atom is -0.490 e. The molecule has 1 aromatic heterocycles. The van der Waals surface area contributed by atoms with Gasteiger partial charge in [-0.25, -0.2) is 0 Å². The molecule has 1 aromatic carbocycles. The number of ether oxygens (including phenoxy) is 3. The second-order valence-corrected chi connectivity index (χ2v) is 13.9. The van der Waals surface area contributed by atoms with Gasteiger partial charge in [0, 0.05) is 56.1 Å². The lowest BCUT2D eigenvalue weighted by atomic mass is 9.56. The van der Waals surface area contributed by atoms with Crippen molar-refractivity contribution in [2.45, 2.75) is 75.2 Å². The summed E-state index contributed by atoms with van der Waals surface area (Å²) in [5.41, 5.74) is 4.11. The lowest BCUT2D eigenvalue weighted by molar-refractivity contribution is -0.223. The van der Waals surface area contributed by atoms with Crippen LogP contribution in [0.5, 0.6) is 11.5 Å². The van der Waals surface area contributed by atoms with Gasteiger partial charge in [0.15, 0.2) is 0 Å². The zero-order valence-corrected chi connectivity index (χ0v) is 29.0. The van der Waals surface area contributed by atoms with Gasteiger partial charge in [-0.1, -0.05) is 42.8 Å². The fourth-order valence-electron chi connectivity index (χ4n) is 7.63. The molecule has 3 aliphatic rings. The number of unbranched alkanes of at least 4 members (excludes halogenated alkanes) is 2. The summed E-state index contributed by atoms with van der Waals surface area (Å²) in [7, 11) is 0. The molecule has 0 radical (unpaired) electrons.